The van der Waals surface area contributed by atoms with Gasteiger partial charge in [0.1, 0.15) is 0 Å². The maximum Gasteiger partial charge on any atom is 0.384 e. The van der Waals surface area contributed by atoms with E-state index in [9.17, 15) is 4.79 Å². The van der Waals surface area contributed by atoms with Gasteiger partial charge in [0, 0.05) is 11.5 Å². The number of hydrogen-bond acceptors (Lipinski definition) is 2. The molecule has 1 aliphatic carbocycles. The smallest absolute Gasteiger partial charge is 0.384 e. The molecule has 0 aliphatic heterocycles. The zero-order chi connectivity index (χ0) is 13.2. The van der Waals surface area contributed by atoms with Crippen molar-refractivity contribution in [3.8, 4) is 11.8 Å². The van der Waals surface area contributed by atoms with Gasteiger partial charge in [-0.2, -0.15) is 0 Å². The molecule has 0 bridgehead atoms. The maximum absolute atomic E-state index is 11.3. The van der Waals surface area contributed by atoms with Gasteiger partial charge < -0.3 is 4.74 Å². The van der Waals surface area contributed by atoms with Crippen LogP contribution in [-0.4, -0.2) is 12.6 Å². The molecule has 2 aromatic rings. The van der Waals surface area contributed by atoms with Gasteiger partial charge in [-0.25, -0.2) is 4.79 Å². The lowest BCUT2D eigenvalue weighted by Crippen LogP contribution is -1.99. The van der Waals surface area contributed by atoms with Gasteiger partial charge in [-0.1, -0.05) is 30.2 Å². The van der Waals surface area contributed by atoms with Gasteiger partial charge in [0.25, 0.3) is 0 Å². The van der Waals surface area contributed by atoms with Crippen molar-refractivity contribution < 1.29 is 9.53 Å². The van der Waals surface area contributed by atoms with E-state index in [2.05, 4.69) is 36.1 Å². The number of carbonyl (C=O) groups is 1. The minimum Gasteiger partial charge on any atom is -0.456 e. The highest BCUT2D eigenvalue weighted by atomic mass is 16.5. The number of carbonyl (C=O) groups excluding carboxylic acids is 1. The van der Waals surface area contributed by atoms with E-state index in [1.165, 1.54) is 16.5 Å². The second-order valence-corrected chi connectivity index (χ2v) is 4.58. The molecule has 94 valence electrons. The lowest BCUT2D eigenvalue weighted by molar-refractivity contribution is -0.136. The van der Waals surface area contributed by atoms with E-state index in [0.29, 0.717) is 6.61 Å². The molecule has 0 atom stereocenters. The molecule has 2 heteroatoms. The van der Waals surface area contributed by atoms with E-state index in [1.807, 2.05) is 6.07 Å². The monoisotopic (exact) mass is 250 g/mol. The summed E-state index contributed by atoms with van der Waals surface area (Å²) in [5.41, 5.74) is 3.66. The molecular formula is C17H14O2. The van der Waals surface area contributed by atoms with E-state index in [-0.39, 0.29) is 0 Å². The van der Waals surface area contributed by atoms with Crippen molar-refractivity contribution in [2.45, 2.75) is 19.8 Å². The second kappa shape index (κ2) is 4.78. The maximum atomic E-state index is 11.3. The number of aryl methyl sites for hydroxylation is 2. The second-order valence-electron chi connectivity index (χ2n) is 4.58. The Labute approximate surface area is 112 Å². The molecule has 0 saturated heterocycles. The molecule has 0 amide bonds. The molecule has 19 heavy (non-hydrogen) atoms. The van der Waals surface area contributed by atoms with Crippen LogP contribution in [0.2, 0.25) is 0 Å². The van der Waals surface area contributed by atoms with Crippen LogP contribution < -0.4 is 0 Å². The molecule has 0 unspecified atom stereocenters. The third-order valence-electron chi connectivity index (χ3n) is 3.45. The first kappa shape index (κ1) is 11.8. The van der Waals surface area contributed by atoms with Crippen molar-refractivity contribution in [1.29, 1.82) is 0 Å². The predicted molar refractivity (Wildman–Crippen MR) is 74.9 cm³/mol. The van der Waals surface area contributed by atoms with E-state index < -0.39 is 5.97 Å². The van der Waals surface area contributed by atoms with Crippen LogP contribution in [0.1, 0.15) is 23.6 Å². The minimum absolute atomic E-state index is 0.358. The zero-order valence-corrected chi connectivity index (χ0v) is 10.8. The Kier molecular flexibility index (Phi) is 2.97. The molecule has 0 fully saturated rings. The Morgan fingerprint density at radius 2 is 2.00 bits per heavy atom. The third-order valence-corrected chi connectivity index (χ3v) is 3.45. The summed E-state index contributed by atoms with van der Waals surface area (Å²) in [7, 11) is 0. The summed E-state index contributed by atoms with van der Waals surface area (Å²) in [6.45, 7) is 2.13. The van der Waals surface area contributed by atoms with Gasteiger partial charge >= 0.3 is 5.97 Å². The third kappa shape index (κ3) is 2.08. The van der Waals surface area contributed by atoms with Crippen LogP contribution >= 0.6 is 0 Å². The molecule has 2 nitrogen and oxygen atoms in total. The van der Waals surface area contributed by atoms with Crippen molar-refractivity contribution >= 4 is 16.7 Å². The number of ether oxygens (including phenoxy) is 1. The van der Waals surface area contributed by atoms with Gasteiger partial charge in [0.05, 0.1) is 6.61 Å². The van der Waals surface area contributed by atoms with Crippen LogP contribution in [0.3, 0.4) is 0 Å². The van der Waals surface area contributed by atoms with Crippen molar-refractivity contribution in [2.75, 3.05) is 6.61 Å². The van der Waals surface area contributed by atoms with Gasteiger partial charge in [-0.15, -0.1) is 0 Å². The Hall–Kier alpha value is -2.27. The lowest BCUT2D eigenvalue weighted by Gasteiger charge is -2.03. The lowest BCUT2D eigenvalue weighted by atomic mass is 10.0. The van der Waals surface area contributed by atoms with Crippen LogP contribution in [-0.2, 0) is 22.4 Å². The summed E-state index contributed by atoms with van der Waals surface area (Å²) in [5.74, 6) is 5.00. The summed E-state index contributed by atoms with van der Waals surface area (Å²) in [5, 5.41) is 2.46. The Bertz CT molecular complexity index is 707. The summed E-state index contributed by atoms with van der Waals surface area (Å²) in [6, 6.07) is 10.4. The molecule has 0 spiro atoms. The fourth-order valence-electron chi connectivity index (χ4n) is 2.64. The highest BCUT2D eigenvalue weighted by molar-refractivity contribution is 5.96. The van der Waals surface area contributed by atoms with Crippen LogP contribution in [0.5, 0.6) is 0 Å². The number of esters is 1. The van der Waals surface area contributed by atoms with Gasteiger partial charge in [0.15, 0.2) is 0 Å². The number of benzene rings is 2. The predicted octanol–water partition coefficient (Wildman–Crippen LogP) is 2.85. The summed E-state index contributed by atoms with van der Waals surface area (Å²) >= 11 is 0. The number of hydrogen-bond donors (Lipinski definition) is 0. The topological polar surface area (TPSA) is 26.3 Å². The molecule has 0 N–H and O–H groups in total. The fraction of sp³-hybridized carbons (Fsp3) is 0.235. The van der Waals surface area contributed by atoms with Crippen molar-refractivity contribution in [3.05, 3.63) is 47.0 Å². The van der Waals surface area contributed by atoms with Crippen LogP contribution in [0, 0.1) is 11.8 Å². The zero-order valence-electron chi connectivity index (χ0n) is 10.8. The Morgan fingerprint density at radius 1 is 1.21 bits per heavy atom. The summed E-state index contributed by atoms with van der Waals surface area (Å²) in [6.07, 6.45) is 2.20. The average Bonchev–Trinajstić information content (AvgIpc) is 2.84. The Balaban J connectivity index is 2.09. The minimum atomic E-state index is -0.467. The van der Waals surface area contributed by atoms with Gasteiger partial charge in [-0.05, 0) is 47.7 Å². The van der Waals surface area contributed by atoms with E-state index in [4.69, 9.17) is 4.74 Å². The molecule has 0 saturated carbocycles. The highest BCUT2D eigenvalue weighted by Crippen LogP contribution is 2.32. The van der Waals surface area contributed by atoms with Crippen LogP contribution in [0.25, 0.3) is 10.8 Å². The highest BCUT2D eigenvalue weighted by Gasteiger charge is 2.14. The first-order valence-corrected chi connectivity index (χ1v) is 6.52. The van der Waals surface area contributed by atoms with Crippen molar-refractivity contribution in [3.63, 3.8) is 0 Å². The molecule has 0 radical (unpaired) electrons. The van der Waals surface area contributed by atoms with Crippen LogP contribution in [0.15, 0.2) is 30.3 Å². The first-order chi connectivity index (χ1) is 9.29. The average molecular weight is 250 g/mol. The van der Waals surface area contributed by atoms with Gasteiger partial charge in [-0.3, -0.25) is 0 Å². The SMILES string of the molecule is CCOC(=O)C#Cc1ccc2c3c(cccc13)CC2. The van der Waals surface area contributed by atoms with Gasteiger partial charge in [0.2, 0.25) is 0 Å². The molecule has 0 aromatic heterocycles. The first-order valence-electron chi connectivity index (χ1n) is 6.52. The van der Waals surface area contributed by atoms with E-state index >= 15 is 0 Å². The Morgan fingerprint density at radius 3 is 2.79 bits per heavy atom. The quantitative estimate of drug-likeness (QED) is 0.574. The summed E-state index contributed by atoms with van der Waals surface area (Å²) < 4.78 is 4.82. The number of rotatable bonds is 1. The van der Waals surface area contributed by atoms with Crippen molar-refractivity contribution in [1.82, 2.24) is 0 Å². The molecule has 1 aliphatic rings. The molecular weight excluding hydrogens is 236 g/mol. The van der Waals surface area contributed by atoms with Crippen molar-refractivity contribution in [2.24, 2.45) is 0 Å². The largest absolute Gasteiger partial charge is 0.456 e. The van der Waals surface area contributed by atoms with E-state index in [1.54, 1.807) is 6.92 Å². The standard InChI is InChI=1S/C17H14O2/c1-2-19-16(18)11-10-12-6-7-14-9-8-13-4-3-5-15(12)17(13)14/h3-7H,2,8-9H2,1H3. The van der Waals surface area contributed by atoms with E-state index in [0.717, 1.165) is 23.8 Å². The molecule has 0 heterocycles. The van der Waals surface area contributed by atoms with Crippen LogP contribution in [0.4, 0.5) is 0 Å². The normalized spacial score (nSPS) is 12.1. The molecule has 2 aromatic carbocycles. The summed E-state index contributed by atoms with van der Waals surface area (Å²) in [4.78, 5) is 11.3. The fourth-order valence-corrected chi connectivity index (χ4v) is 2.64. The molecule has 3 rings (SSSR count).